The lowest BCUT2D eigenvalue weighted by molar-refractivity contribution is -0.144. The van der Waals surface area contributed by atoms with Gasteiger partial charge in [-0.15, -0.1) is 0 Å². The second-order valence-corrected chi connectivity index (χ2v) is 6.09. The number of aliphatic carboxylic acids is 1. The average molecular weight is 377 g/mol. The lowest BCUT2D eigenvalue weighted by Gasteiger charge is -2.25. The van der Waals surface area contributed by atoms with Crippen LogP contribution in [0.3, 0.4) is 0 Å². The molecule has 0 unspecified atom stereocenters. The molecule has 0 saturated heterocycles. The van der Waals surface area contributed by atoms with Gasteiger partial charge in [0.25, 0.3) is 0 Å². The second-order valence-electron chi connectivity index (χ2n) is 6.09. The van der Waals surface area contributed by atoms with E-state index in [1.165, 1.54) is 13.8 Å². The molecule has 27 heavy (non-hydrogen) atoms. The van der Waals surface area contributed by atoms with Crippen molar-refractivity contribution in [2.24, 2.45) is 5.92 Å². The number of aliphatic hydroxyl groups is 1. The highest BCUT2D eigenvalue weighted by molar-refractivity contribution is 5.89. The number of carbonyl (C=O) groups excluding carboxylic acids is 2. The molecule has 0 fully saturated rings. The van der Waals surface area contributed by atoms with Gasteiger partial charge in [0.1, 0.15) is 18.7 Å². The van der Waals surface area contributed by atoms with Crippen LogP contribution in [-0.2, 0) is 20.9 Å². The Bertz CT molecular complexity index is 686. The zero-order chi connectivity index (χ0) is 20.4. The van der Waals surface area contributed by atoms with E-state index in [0.717, 1.165) is 5.56 Å². The molecule has 1 aromatic rings. The van der Waals surface area contributed by atoms with E-state index in [1.807, 2.05) is 12.1 Å². The van der Waals surface area contributed by atoms with Crippen molar-refractivity contribution < 1.29 is 29.3 Å². The molecule has 0 spiro atoms. The molecule has 0 aliphatic heterocycles. The Morgan fingerprint density at radius 3 is 2.30 bits per heavy atom. The Labute approximate surface area is 156 Å². The van der Waals surface area contributed by atoms with Gasteiger partial charge >= 0.3 is 12.1 Å². The number of carboxylic acid groups (broad SMARTS) is 1. The number of carboxylic acids is 1. The largest absolute Gasteiger partial charge is 0.480 e. The van der Waals surface area contributed by atoms with Crippen LogP contribution in [0.15, 0.2) is 30.3 Å². The summed E-state index contributed by atoms with van der Waals surface area (Å²) in [5.74, 6) is -2.86. The number of alkyl carbamates (subject to hydrolysis) is 1. The minimum absolute atomic E-state index is 0.0300. The zero-order valence-corrected chi connectivity index (χ0v) is 15.1. The normalized spacial score (nSPS) is 14.7. The maximum Gasteiger partial charge on any atom is 0.408 e. The van der Waals surface area contributed by atoms with E-state index in [4.69, 9.17) is 10.00 Å². The van der Waals surface area contributed by atoms with E-state index in [9.17, 15) is 24.6 Å². The summed E-state index contributed by atoms with van der Waals surface area (Å²) in [7, 11) is 0. The van der Waals surface area contributed by atoms with Crippen LogP contribution in [0.4, 0.5) is 4.79 Å². The van der Waals surface area contributed by atoms with Crippen LogP contribution < -0.4 is 10.6 Å². The molecular weight excluding hydrogens is 354 g/mol. The third kappa shape index (κ3) is 7.33. The van der Waals surface area contributed by atoms with Crippen molar-refractivity contribution in [3.63, 3.8) is 0 Å². The van der Waals surface area contributed by atoms with Crippen molar-refractivity contribution in [1.82, 2.24) is 10.6 Å². The molecule has 0 radical (unpaired) electrons. The number of amides is 2. The molecule has 2 amide bonds. The van der Waals surface area contributed by atoms with E-state index in [1.54, 1.807) is 24.3 Å². The number of nitrogens with zero attached hydrogens (tertiary/aromatic N) is 1. The molecule has 0 saturated carbocycles. The summed E-state index contributed by atoms with van der Waals surface area (Å²) in [6.07, 6.45) is -2.31. The Morgan fingerprint density at radius 1 is 1.15 bits per heavy atom. The van der Waals surface area contributed by atoms with Gasteiger partial charge < -0.3 is 25.6 Å². The summed E-state index contributed by atoms with van der Waals surface area (Å²) < 4.78 is 5.00. The summed E-state index contributed by atoms with van der Waals surface area (Å²) in [6, 6.07) is 7.95. The number of aliphatic hydroxyl groups excluding tert-OH is 1. The summed E-state index contributed by atoms with van der Waals surface area (Å²) in [4.78, 5) is 35.6. The van der Waals surface area contributed by atoms with Crippen LogP contribution in [-0.4, -0.2) is 46.4 Å². The van der Waals surface area contributed by atoms with E-state index < -0.39 is 42.1 Å². The van der Waals surface area contributed by atoms with Crippen molar-refractivity contribution in [3.05, 3.63) is 35.9 Å². The minimum atomic E-state index is -1.41. The van der Waals surface area contributed by atoms with E-state index in [2.05, 4.69) is 10.6 Å². The van der Waals surface area contributed by atoms with Crippen LogP contribution in [0.5, 0.6) is 0 Å². The highest BCUT2D eigenvalue weighted by Crippen LogP contribution is 2.09. The first-order chi connectivity index (χ1) is 12.8. The molecule has 4 atom stereocenters. The SMILES string of the molecule is C[C@H](CC#N)[C@@H](NC(=O)[C@@H](NC(=O)OCc1ccccc1)[C@@H](C)O)C(=O)O. The van der Waals surface area contributed by atoms with Crippen LogP contribution in [0, 0.1) is 17.2 Å². The molecule has 0 bridgehead atoms. The predicted molar refractivity (Wildman–Crippen MR) is 94.2 cm³/mol. The van der Waals surface area contributed by atoms with Crippen LogP contribution in [0.2, 0.25) is 0 Å². The van der Waals surface area contributed by atoms with Crippen molar-refractivity contribution in [2.75, 3.05) is 0 Å². The van der Waals surface area contributed by atoms with Gasteiger partial charge in [0, 0.05) is 12.3 Å². The van der Waals surface area contributed by atoms with Gasteiger partial charge in [0.2, 0.25) is 5.91 Å². The van der Waals surface area contributed by atoms with Crippen molar-refractivity contribution >= 4 is 18.0 Å². The fourth-order valence-electron chi connectivity index (χ4n) is 2.25. The fourth-order valence-corrected chi connectivity index (χ4v) is 2.25. The smallest absolute Gasteiger partial charge is 0.408 e. The molecule has 146 valence electrons. The van der Waals surface area contributed by atoms with Crippen LogP contribution in [0.25, 0.3) is 0 Å². The van der Waals surface area contributed by atoms with Gasteiger partial charge in [0.15, 0.2) is 0 Å². The summed E-state index contributed by atoms with van der Waals surface area (Å²) in [6.45, 7) is 2.75. The first-order valence-corrected chi connectivity index (χ1v) is 8.31. The van der Waals surface area contributed by atoms with Crippen molar-refractivity contribution in [2.45, 2.75) is 45.1 Å². The maximum atomic E-state index is 12.3. The first-order valence-electron chi connectivity index (χ1n) is 8.31. The molecule has 0 aliphatic carbocycles. The first kappa shape index (κ1) is 21.9. The van der Waals surface area contributed by atoms with Gasteiger partial charge in [-0.25, -0.2) is 9.59 Å². The monoisotopic (exact) mass is 377 g/mol. The Kier molecular flexibility index (Phi) is 8.75. The van der Waals surface area contributed by atoms with Crippen LogP contribution in [0.1, 0.15) is 25.8 Å². The molecule has 0 aliphatic rings. The van der Waals surface area contributed by atoms with E-state index >= 15 is 0 Å². The number of hydrogen-bond acceptors (Lipinski definition) is 6. The van der Waals surface area contributed by atoms with Gasteiger partial charge in [0.05, 0.1) is 12.2 Å². The average Bonchev–Trinajstić information content (AvgIpc) is 2.62. The topological polar surface area (TPSA) is 149 Å². The molecule has 1 aromatic carbocycles. The predicted octanol–water partition coefficient (Wildman–Crippen LogP) is 0.781. The van der Waals surface area contributed by atoms with Gasteiger partial charge in [-0.3, -0.25) is 4.79 Å². The van der Waals surface area contributed by atoms with Gasteiger partial charge in [-0.1, -0.05) is 37.3 Å². The highest BCUT2D eigenvalue weighted by atomic mass is 16.5. The van der Waals surface area contributed by atoms with Gasteiger partial charge in [-0.05, 0) is 12.5 Å². The standard InChI is InChI=1S/C18H23N3O6/c1-11(8-9-19)14(17(24)25)20-16(23)15(12(2)22)21-18(26)27-10-13-6-4-3-5-7-13/h3-7,11-12,14-15,22H,8,10H2,1-2H3,(H,20,23)(H,21,26)(H,24,25)/t11-,12-,14-,15+/m1/s1. The summed E-state index contributed by atoms with van der Waals surface area (Å²) in [5.41, 5.74) is 0.738. The number of ether oxygens (including phenoxy) is 1. The summed E-state index contributed by atoms with van der Waals surface area (Å²) >= 11 is 0. The molecule has 1 rings (SSSR count). The van der Waals surface area contributed by atoms with Crippen LogP contribution >= 0.6 is 0 Å². The molecular formula is C18H23N3O6. The third-order valence-electron chi connectivity index (χ3n) is 3.80. The third-order valence-corrected chi connectivity index (χ3v) is 3.80. The summed E-state index contributed by atoms with van der Waals surface area (Å²) in [5, 5.41) is 32.2. The number of hydrogen-bond donors (Lipinski definition) is 4. The van der Waals surface area contributed by atoms with Crippen molar-refractivity contribution in [3.8, 4) is 6.07 Å². The molecule has 0 heterocycles. The van der Waals surface area contributed by atoms with E-state index in [0.29, 0.717) is 0 Å². The van der Waals surface area contributed by atoms with Gasteiger partial charge in [-0.2, -0.15) is 5.26 Å². The maximum absolute atomic E-state index is 12.3. The Morgan fingerprint density at radius 2 is 1.78 bits per heavy atom. The Balaban J connectivity index is 2.70. The van der Waals surface area contributed by atoms with E-state index in [-0.39, 0.29) is 13.0 Å². The second kappa shape index (κ2) is 10.8. The Hall–Kier alpha value is -3.12. The number of nitrogens with one attached hydrogen (secondary N) is 2. The number of nitriles is 1. The zero-order valence-electron chi connectivity index (χ0n) is 15.1. The minimum Gasteiger partial charge on any atom is -0.480 e. The lowest BCUT2D eigenvalue weighted by atomic mass is 9.98. The number of rotatable bonds is 9. The molecule has 9 nitrogen and oxygen atoms in total. The molecule has 9 heteroatoms. The number of benzene rings is 1. The van der Waals surface area contributed by atoms with Crippen molar-refractivity contribution in [1.29, 1.82) is 5.26 Å². The highest BCUT2D eigenvalue weighted by Gasteiger charge is 2.32. The fraction of sp³-hybridized carbons (Fsp3) is 0.444. The molecule has 4 N–H and O–H groups in total. The number of carbonyl (C=O) groups is 3. The molecule has 0 aromatic heterocycles. The lowest BCUT2D eigenvalue weighted by Crippen LogP contribution is -2.57. The quantitative estimate of drug-likeness (QED) is 0.497.